The molecule has 0 bridgehead atoms. The molecule has 5 nitrogen and oxygen atoms in total. The van der Waals surface area contributed by atoms with Crippen LogP contribution in [0, 0.1) is 5.92 Å². The number of carbonyl (C=O) groups is 2. The summed E-state index contributed by atoms with van der Waals surface area (Å²) in [5.41, 5.74) is 2.33. The Morgan fingerprint density at radius 1 is 0.625 bits per heavy atom. The van der Waals surface area contributed by atoms with Crippen molar-refractivity contribution in [2.45, 2.75) is 12.1 Å². The number of hydroxylamine groups is 1. The maximum atomic E-state index is 13.7. The number of fused-ring (bicyclic) bond motifs is 2. The Morgan fingerprint density at radius 3 is 2.03 bits per heavy atom. The van der Waals surface area contributed by atoms with Crippen molar-refractivity contribution in [3.05, 3.63) is 109 Å². The van der Waals surface area contributed by atoms with Crippen LogP contribution in [-0.4, -0.2) is 17.9 Å². The number of benzene rings is 4. The van der Waals surface area contributed by atoms with Crippen LogP contribution in [0.15, 0.2) is 103 Å². The van der Waals surface area contributed by atoms with E-state index in [1.165, 1.54) is 4.90 Å². The highest BCUT2D eigenvalue weighted by Gasteiger charge is 2.60. The van der Waals surface area contributed by atoms with Crippen molar-refractivity contribution < 1.29 is 14.4 Å². The predicted molar refractivity (Wildman–Crippen MR) is 123 cm³/mol. The summed E-state index contributed by atoms with van der Waals surface area (Å²) in [5, 5.41) is 3.76. The lowest BCUT2D eigenvalue weighted by Crippen LogP contribution is -2.37. The van der Waals surface area contributed by atoms with Crippen LogP contribution >= 0.6 is 0 Å². The molecule has 0 aromatic heterocycles. The zero-order valence-corrected chi connectivity index (χ0v) is 17.2. The van der Waals surface area contributed by atoms with Crippen LogP contribution < -0.4 is 9.96 Å². The first-order chi connectivity index (χ1) is 15.7. The quantitative estimate of drug-likeness (QED) is 0.443. The van der Waals surface area contributed by atoms with E-state index in [4.69, 9.17) is 4.84 Å². The van der Waals surface area contributed by atoms with Gasteiger partial charge in [-0.25, -0.2) is 9.96 Å². The van der Waals surface area contributed by atoms with E-state index in [2.05, 4.69) is 0 Å². The van der Waals surface area contributed by atoms with Gasteiger partial charge in [-0.2, -0.15) is 0 Å². The lowest BCUT2D eigenvalue weighted by atomic mass is 9.90. The number of anilines is 2. The van der Waals surface area contributed by atoms with E-state index < -0.39 is 18.1 Å². The summed E-state index contributed by atoms with van der Waals surface area (Å²) in [6.07, 6.45) is -0.862. The average Bonchev–Trinajstić information content (AvgIpc) is 3.36. The molecular formula is C27H20N2O3. The molecule has 2 fully saturated rings. The van der Waals surface area contributed by atoms with Crippen molar-refractivity contribution in [1.29, 1.82) is 0 Å². The second kappa shape index (κ2) is 7.32. The molecule has 0 spiro atoms. The fourth-order valence-corrected chi connectivity index (χ4v) is 4.77. The second-order valence-corrected chi connectivity index (χ2v) is 8.11. The van der Waals surface area contributed by atoms with E-state index in [1.807, 2.05) is 103 Å². The van der Waals surface area contributed by atoms with Gasteiger partial charge in [-0.3, -0.25) is 14.4 Å². The molecule has 0 aliphatic carbocycles. The van der Waals surface area contributed by atoms with Crippen LogP contribution in [0.3, 0.4) is 0 Å². The van der Waals surface area contributed by atoms with E-state index >= 15 is 0 Å². The highest BCUT2D eigenvalue weighted by Crippen LogP contribution is 2.47. The number of amides is 2. The van der Waals surface area contributed by atoms with Gasteiger partial charge < -0.3 is 0 Å². The number of rotatable bonds is 3. The Balaban J connectivity index is 1.43. The first kappa shape index (κ1) is 18.8. The van der Waals surface area contributed by atoms with Gasteiger partial charge in [0.25, 0.3) is 5.91 Å². The molecule has 3 atom stereocenters. The molecule has 0 N–H and O–H groups in total. The fourth-order valence-electron chi connectivity index (χ4n) is 4.77. The second-order valence-electron chi connectivity index (χ2n) is 8.11. The van der Waals surface area contributed by atoms with Crippen LogP contribution in [0.2, 0.25) is 0 Å². The molecule has 32 heavy (non-hydrogen) atoms. The Morgan fingerprint density at radius 2 is 1.28 bits per heavy atom. The van der Waals surface area contributed by atoms with Crippen LogP contribution in [0.1, 0.15) is 11.6 Å². The molecule has 2 aliphatic heterocycles. The molecule has 2 heterocycles. The van der Waals surface area contributed by atoms with Gasteiger partial charge in [-0.05, 0) is 40.6 Å². The average molecular weight is 420 g/mol. The molecule has 0 radical (unpaired) electrons. The summed E-state index contributed by atoms with van der Waals surface area (Å²) < 4.78 is 0. The van der Waals surface area contributed by atoms with Crippen LogP contribution in [-0.2, 0) is 14.4 Å². The molecule has 2 saturated heterocycles. The van der Waals surface area contributed by atoms with Crippen molar-refractivity contribution >= 4 is 34.0 Å². The topological polar surface area (TPSA) is 49.9 Å². The van der Waals surface area contributed by atoms with E-state index in [0.29, 0.717) is 5.69 Å². The number of imide groups is 1. The third kappa shape index (κ3) is 2.82. The Kier molecular flexibility index (Phi) is 4.30. The maximum absolute atomic E-state index is 13.7. The molecule has 156 valence electrons. The fraction of sp³-hybridized carbons (Fsp3) is 0.111. The van der Waals surface area contributed by atoms with Gasteiger partial charge in [0, 0.05) is 0 Å². The summed E-state index contributed by atoms with van der Waals surface area (Å²) in [5.74, 6) is -1.19. The van der Waals surface area contributed by atoms with Crippen LogP contribution in [0.4, 0.5) is 11.4 Å². The summed E-state index contributed by atoms with van der Waals surface area (Å²) in [6, 6.07) is 32.5. The van der Waals surface area contributed by atoms with Gasteiger partial charge in [-0.15, -0.1) is 0 Å². The third-order valence-electron chi connectivity index (χ3n) is 6.26. The van der Waals surface area contributed by atoms with Crippen molar-refractivity contribution in [3.8, 4) is 0 Å². The first-order valence-electron chi connectivity index (χ1n) is 10.6. The number of para-hydroxylation sites is 1. The molecule has 2 amide bonds. The molecule has 0 unspecified atom stereocenters. The minimum absolute atomic E-state index is 0.234. The van der Waals surface area contributed by atoms with Crippen molar-refractivity contribution in [2.24, 2.45) is 5.92 Å². The number of carbonyl (C=O) groups excluding carboxylic acids is 2. The van der Waals surface area contributed by atoms with Gasteiger partial charge in [0.05, 0.1) is 17.4 Å². The summed E-state index contributed by atoms with van der Waals surface area (Å²) in [4.78, 5) is 34.6. The van der Waals surface area contributed by atoms with Crippen molar-refractivity contribution in [1.82, 2.24) is 0 Å². The van der Waals surface area contributed by atoms with Gasteiger partial charge in [0.2, 0.25) is 5.91 Å². The summed E-state index contributed by atoms with van der Waals surface area (Å²) in [6.45, 7) is 0. The van der Waals surface area contributed by atoms with Gasteiger partial charge >= 0.3 is 0 Å². The normalized spacial score (nSPS) is 22.6. The van der Waals surface area contributed by atoms with E-state index in [1.54, 1.807) is 5.06 Å². The SMILES string of the molecule is O=C1[C@H]2[C@@H](ON(c3ccccc3)[C@H]2c2ccccc2)C(=O)N1c1ccc2ccccc2c1. The lowest BCUT2D eigenvalue weighted by Gasteiger charge is -2.28. The Labute approximate surface area is 185 Å². The molecule has 2 aliphatic rings. The number of hydrogen-bond acceptors (Lipinski definition) is 4. The van der Waals surface area contributed by atoms with E-state index in [9.17, 15) is 9.59 Å². The highest BCUT2D eigenvalue weighted by molar-refractivity contribution is 6.24. The summed E-state index contributed by atoms with van der Waals surface area (Å²) in [7, 11) is 0. The van der Waals surface area contributed by atoms with Gasteiger partial charge in [-0.1, -0.05) is 78.9 Å². The molecule has 0 saturated carbocycles. The predicted octanol–water partition coefficient (Wildman–Crippen LogP) is 4.89. The molecule has 6 rings (SSSR count). The zero-order chi connectivity index (χ0) is 21.7. The maximum Gasteiger partial charge on any atom is 0.266 e. The minimum Gasteiger partial charge on any atom is -0.273 e. The molecular weight excluding hydrogens is 400 g/mol. The van der Waals surface area contributed by atoms with E-state index in [-0.39, 0.29) is 11.8 Å². The smallest absolute Gasteiger partial charge is 0.266 e. The Hall–Kier alpha value is -3.96. The Bertz CT molecular complexity index is 1320. The number of nitrogens with zero attached hydrogens (tertiary/aromatic N) is 2. The number of hydrogen-bond donors (Lipinski definition) is 0. The standard InChI is InChI=1S/C27H20N2O3/c30-26-23-24(19-10-3-1-4-11-19)29(21-13-5-2-6-14-21)32-25(23)27(31)28(26)22-16-15-18-9-7-8-12-20(18)17-22/h1-17,23-25H/t23-,24+,25-/m1/s1. The largest absolute Gasteiger partial charge is 0.273 e. The first-order valence-corrected chi connectivity index (χ1v) is 10.6. The monoisotopic (exact) mass is 420 g/mol. The highest BCUT2D eigenvalue weighted by atomic mass is 16.7. The molecule has 5 heteroatoms. The lowest BCUT2D eigenvalue weighted by molar-refractivity contribution is -0.126. The summed E-state index contributed by atoms with van der Waals surface area (Å²) >= 11 is 0. The van der Waals surface area contributed by atoms with E-state index in [0.717, 1.165) is 22.0 Å². The van der Waals surface area contributed by atoms with Gasteiger partial charge in [0.1, 0.15) is 5.92 Å². The molecule has 4 aromatic carbocycles. The molecule has 4 aromatic rings. The van der Waals surface area contributed by atoms with Crippen molar-refractivity contribution in [2.75, 3.05) is 9.96 Å². The van der Waals surface area contributed by atoms with Crippen LogP contribution in [0.25, 0.3) is 10.8 Å². The zero-order valence-electron chi connectivity index (χ0n) is 17.2. The van der Waals surface area contributed by atoms with Gasteiger partial charge in [0.15, 0.2) is 6.10 Å². The van der Waals surface area contributed by atoms with Crippen molar-refractivity contribution in [3.63, 3.8) is 0 Å². The minimum atomic E-state index is -0.862. The van der Waals surface area contributed by atoms with Crippen LogP contribution in [0.5, 0.6) is 0 Å². The third-order valence-corrected chi connectivity index (χ3v) is 6.26.